The normalized spacial score (nSPS) is 25.4. The van der Waals surface area contributed by atoms with Crippen LogP contribution >= 0.6 is 0 Å². The molecule has 2 atom stereocenters. The van der Waals surface area contributed by atoms with Gasteiger partial charge in [0.05, 0.1) is 7.11 Å². The Labute approximate surface area is 98.0 Å². The van der Waals surface area contributed by atoms with E-state index in [0.717, 1.165) is 18.1 Å². The first-order valence-electron chi connectivity index (χ1n) is 6.14. The van der Waals surface area contributed by atoms with Crippen molar-refractivity contribution in [3.05, 3.63) is 29.8 Å². The van der Waals surface area contributed by atoms with E-state index in [-0.39, 0.29) is 0 Å². The van der Waals surface area contributed by atoms with Gasteiger partial charge in [0.25, 0.3) is 0 Å². The van der Waals surface area contributed by atoms with Gasteiger partial charge < -0.3 is 10.1 Å². The zero-order valence-electron chi connectivity index (χ0n) is 10.2. The van der Waals surface area contributed by atoms with Crippen LogP contribution in [-0.2, 0) is 6.42 Å². The number of hydrogen-bond donors (Lipinski definition) is 1. The molecule has 1 heterocycles. The summed E-state index contributed by atoms with van der Waals surface area (Å²) in [5.41, 5.74) is 1.40. The molecule has 2 rings (SSSR count). The predicted molar refractivity (Wildman–Crippen MR) is 66.9 cm³/mol. The molecule has 88 valence electrons. The van der Waals surface area contributed by atoms with Crippen LogP contribution in [0.4, 0.5) is 0 Å². The quantitative estimate of drug-likeness (QED) is 0.843. The van der Waals surface area contributed by atoms with Gasteiger partial charge in [-0.3, -0.25) is 0 Å². The minimum atomic E-state index is 0.657. The van der Waals surface area contributed by atoms with Gasteiger partial charge in [-0.25, -0.2) is 0 Å². The van der Waals surface area contributed by atoms with Crippen molar-refractivity contribution in [2.24, 2.45) is 5.92 Å². The van der Waals surface area contributed by atoms with Gasteiger partial charge in [-0.15, -0.1) is 0 Å². The van der Waals surface area contributed by atoms with Crippen LogP contribution in [0.1, 0.15) is 25.3 Å². The summed E-state index contributed by atoms with van der Waals surface area (Å²) in [7, 11) is 1.71. The standard InChI is InChI=1S/C14H21NO/c1-11-3-6-13(15-10-11)9-12-4-7-14(16-2)8-5-12/h4-5,7-8,11,13,15H,3,6,9-10H2,1-2H3. The number of hydrogen-bond acceptors (Lipinski definition) is 2. The summed E-state index contributed by atoms with van der Waals surface area (Å²) in [6.07, 6.45) is 3.79. The largest absolute Gasteiger partial charge is 0.497 e. The highest BCUT2D eigenvalue weighted by Crippen LogP contribution is 2.18. The molecule has 0 aliphatic carbocycles. The molecule has 1 aromatic rings. The Morgan fingerprint density at radius 3 is 2.56 bits per heavy atom. The molecule has 0 radical (unpaired) electrons. The third-order valence-electron chi connectivity index (χ3n) is 3.40. The molecule has 0 bridgehead atoms. The van der Waals surface area contributed by atoms with Crippen molar-refractivity contribution in [2.45, 2.75) is 32.2 Å². The molecule has 0 amide bonds. The highest BCUT2D eigenvalue weighted by molar-refractivity contribution is 5.27. The molecule has 1 fully saturated rings. The molecule has 16 heavy (non-hydrogen) atoms. The predicted octanol–water partition coefficient (Wildman–Crippen LogP) is 2.63. The monoisotopic (exact) mass is 219 g/mol. The highest BCUT2D eigenvalue weighted by atomic mass is 16.5. The summed E-state index contributed by atoms with van der Waals surface area (Å²) in [6.45, 7) is 3.48. The van der Waals surface area contributed by atoms with Crippen LogP contribution in [0.2, 0.25) is 0 Å². The first-order valence-corrected chi connectivity index (χ1v) is 6.14. The summed E-state index contributed by atoms with van der Waals surface area (Å²) in [5.74, 6) is 1.78. The first-order chi connectivity index (χ1) is 7.78. The number of rotatable bonds is 3. The van der Waals surface area contributed by atoms with Crippen LogP contribution < -0.4 is 10.1 Å². The van der Waals surface area contributed by atoms with Crippen molar-refractivity contribution in [1.82, 2.24) is 5.32 Å². The Morgan fingerprint density at radius 2 is 2.00 bits per heavy atom. The van der Waals surface area contributed by atoms with E-state index in [1.54, 1.807) is 7.11 Å². The van der Waals surface area contributed by atoms with E-state index in [9.17, 15) is 0 Å². The Hall–Kier alpha value is -1.02. The molecule has 0 saturated carbocycles. The van der Waals surface area contributed by atoms with Gasteiger partial charge in [0, 0.05) is 6.04 Å². The van der Waals surface area contributed by atoms with E-state index in [4.69, 9.17) is 4.74 Å². The van der Waals surface area contributed by atoms with Crippen LogP contribution in [0.3, 0.4) is 0 Å². The Bertz CT molecular complexity index is 312. The number of benzene rings is 1. The Balaban J connectivity index is 1.88. The van der Waals surface area contributed by atoms with Gasteiger partial charge in [0.2, 0.25) is 0 Å². The Morgan fingerprint density at radius 1 is 1.25 bits per heavy atom. The van der Waals surface area contributed by atoms with E-state index in [1.807, 2.05) is 12.1 Å². The molecular weight excluding hydrogens is 198 g/mol. The van der Waals surface area contributed by atoms with Crippen molar-refractivity contribution >= 4 is 0 Å². The second kappa shape index (κ2) is 5.35. The second-order valence-corrected chi connectivity index (χ2v) is 4.84. The van der Waals surface area contributed by atoms with Gasteiger partial charge >= 0.3 is 0 Å². The third kappa shape index (κ3) is 2.99. The van der Waals surface area contributed by atoms with Gasteiger partial charge in [-0.05, 0) is 49.4 Å². The van der Waals surface area contributed by atoms with Crippen molar-refractivity contribution in [2.75, 3.05) is 13.7 Å². The zero-order chi connectivity index (χ0) is 11.4. The minimum Gasteiger partial charge on any atom is -0.497 e. The second-order valence-electron chi connectivity index (χ2n) is 4.84. The lowest BCUT2D eigenvalue weighted by molar-refractivity contribution is 0.326. The topological polar surface area (TPSA) is 21.3 Å². The number of piperidine rings is 1. The molecule has 0 spiro atoms. The van der Waals surface area contributed by atoms with Crippen LogP contribution in [0.5, 0.6) is 5.75 Å². The SMILES string of the molecule is COc1ccc(CC2CCC(C)CN2)cc1. The molecule has 2 unspecified atom stereocenters. The highest BCUT2D eigenvalue weighted by Gasteiger charge is 2.17. The molecular formula is C14H21NO. The van der Waals surface area contributed by atoms with Crippen molar-refractivity contribution in [3.8, 4) is 5.75 Å². The fourth-order valence-corrected chi connectivity index (χ4v) is 2.28. The smallest absolute Gasteiger partial charge is 0.118 e. The molecule has 2 heteroatoms. The molecule has 1 aromatic carbocycles. The van der Waals surface area contributed by atoms with Gasteiger partial charge in [0.1, 0.15) is 5.75 Å². The maximum Gasteiger partial charge on any atom is 0.118 e. The molecule has 0 aromatic heterocycles. The number of methoxy groups -OCH3 is 1. The molecule has 1 saturated heterocycles. The third-order valence-corrected chi connectivity index (χ3v) is 3.40. The summed E-state index contributed by atoms with van der Waals surface area (Å²) in [6, 6.07) is 9.07. The van der Waals surface area contributed by atoms with Crippen LogP contribution in [0.25, 0.3) is 0 Å². The lowest BCUT2D eigenvalue weighted by Crippen LogP contribution is -2.39. The summed E-state index contributed by atoms with van der Waals surface area (Å²) in [4.78, 5) is 0. The minimum absolute atomic E-state index is 0.657. The first kappa shape index (κ1) is 11.5. The van der Waals surface area contributed by atoms with E-state index in [1.165, 1.54) is 24.9 Å². The fourth-order valence-electron chi connectivity index (χ4n) is 2.28. The van der Waals surface area contributed by atoms with Crippen LogP contribution in [-0.4, -0.2) is 19.7 Å². The average Bonchev–Trinajstić information content (AvgIpc) is 2.33. The summed E-state index contributed by atoms with van der Waals surface area (Å²) >= 11 is 0. The van der Waals surface area contributed by atoms with Crippen molar-refractivity contribution < 1.29 is 4.74 Å². The fraction of sp³-hybridized carbons (Fsp3) is 0.571. The Kier molecular flexibility index (Phi) is 3.83. The van der Waals surface area contributed by atoms with Gasteiger partial charge in [-0.1, -0.05) is 19.1 Å². The maximum absolute atomic E-state index is 5.16. The van der Waals surface area contributed by atoms with E-state index >= 15 is 0 Å². The zero-order valence-corrected chi connectivity index (χ0v) is 10.2. The van der Waals surface area contributed by atoms with Gasteiger partial charge in [0.15, 0.2) is 0 Å². The molecule has 1 N–H and O–H groups in total. The summed E-state index contributed by atoms with van der Waals surface area (Å²) < 4.78 is 5.16. The van der Waals surface area contributed by atoms with E-state index in [0.29, 0.717) is 6.04 Å². The van der Waals surface area contributed by atoms with Crippen molar-refractivity contribution in [3.63, 3.8) is 0 Å². The van der Waals surface area contributed by atoms with Crippen molar-refractivity contribution in [1.29, 1.82) is 0 Å². The lowest BCUT2D eigenvalue weighted by atomic mass is 9.92. The van der Waals surface area contributed by atoms with Crippen LogP contribution in [0, 0.1) is 5.92 Å². The van der Waals surface area contributed by atoms with Crippen LogP contribution in [0.15, 0.2) is 24.3 Å². The van der Waals surface area contributed by atoms with E-state index < -0.39 is 0 Å². The lowest BCUT2D eigenvalue weighted by Gasteiger charge is -2.27. The molecule has 1 aliphatic heterocycles. The summed E-state index contributed by atoms with van der Waals surface area (Å²) in [5, 5.41) is 3.61. The van der Waals surface area contributed by atoms with E-state index in [2.05, 4.69) is 24.4 Å². The maximum atomic E-state index is 5.16. The molecule has 1 aliphatic rings. The number of ether oxygens (including phenoxy) is 1. The average molecular weight is 219 g/mol. The number of nitrogens with one attached hydrogen (secondary N) is 1. The van der Waals surface area contributed by atoms with Gasteiger partial charge in [-0.2, -0.15) is 0 Å². The molecule has 2 nitrogen and oxygen atoms in total.